The second-order valence-electron chi connectivity index (χ2n) is 6.15. The molecule has 0 aromatic heterocycles. The summed E-state index contributed by atoms with van der Waals surface area (Å²) < 4.78 is 13.6. The Morgan fingerprint density at radius 1 is 1.17 bits per heavy atom. The van der Waals surface area contributed by atoms with Crippen molar-refractivity contribution in [3.8, 4) is 0 Å². The minimum absolute atomic E-state index is 0.0692. The number of nitrogens with one attached hydrogen (secondary N) is 1. The average Bonchev–Trinajstić information content (AvgIpc) is 2.57. The predicted molar refractivity (Wildman–Crippen MR) is 94.5 cm³/mol. The molecule has 5 heteroatoms. The first-order valence-corrected chi connectivity index (χ1v) is 8.52. The molecule has 0 spiro atoms. The van der Waals surface area contributed by atoms with Crippen LogP contribution < -0.4 is 5.32 Å². The zero-order valence-electron chi connectivity index (χ0n) is 13.3. The number of carbonyl (C=O) groups excluding carboxylic acids is 1. The Balaban J connectivity index is 1.51. The van der Waals surface area contributed by atoms with Gasteiger partial charge in [0.25, 0.3) is 0 Å². The summed E-state index contributed by atoms with van der Waals surface area (Å²) in [5.74, 6) is -0.563. The highest BCUT2D eigenvalue weighted by atomic mass is 35.5. The molecule has 3 nitrogen and oxygen atoms in total. The topological polar surface area (TPSA) is 32.3 Å². The number of carbonyl (C=O) groups is 1. The fourth-order valence-corrected chi connectivity index (χ4v) is 3.26. The number of hydrogen-bond acceptors (Lipinski definition) is 2. The van der Waals surface area contributed by atoms with Gasteiger partial charge in [-0.15, -0.1) is 0 Å². The molecule has 0 radical (unpaired) electrons. The van der Waals surface area contributed by atoms with Crippen molar-refractivity contribution in [1.82, 2.24) is 4.90 Å². The van der Waals surface area contributed by atoms with E-state index in [1.807, 2.05) is 18.2 Å². The van der Waals surface area contributed by atoms with Crippen molar-refractivity contribution in [3.05, 3.63) is 64.9 Å². The Labute approximate surface area is 146 Å². The summed E-state index contributed by atoms with van der Waals surface area (Å²) in [6, 6.07) is 14.1. The lowest BCUT2D eigenvalue weighted by Crippen LogP contribution is -2.37. The monoisotopic (exact) mass is 346 g/mol. The third kappa shape index (κ3) is 4.34. The quantitative estimate of drug-likeness (QED) is 0.893. The number of benzene rings is 2. The van der Waals surface area contributed by atoms with Gasteiger partial charge in [-0.1, -0.05) is 35.9 Å². The first kappa shape index (κ1) is 16.9. The molecule has 1 aliphatic rings. The summed E-state index contributed by atoms with van der Waals surface area (Å²) in [7, 11) is 0. The molecule has 0 saturated carbocycles. The molecule has 1 aliphatic heterocycles. The van der Waals surface area contributed by atoms with Crippen molar-refractivity contribution in [2.75, 3.05) is 18.4 Å². The molecule has 2 aromatic rings. The van der Waals surface area contributed by atoms with E-state index in [2.05, 4.69) is 16.3 Å². The summed E-state index contributed by atoms with van der Waals surface area (Å²) >= 11 is 6.01. The maximum absolute atomic E-state index is 13.6. The number of rotatable bonds is 4. The number of anilines is 1. The third-order valence-electron chi connectivity index (χ3n) is 4.39. The van der Waals surface area contributed by atoms with E-state index in [9.17, 15) is 9.18 Å². The van der Waals surface area contributed by atoms with Crippen LogP contribution in [-0.4, -0.2) is 23.9 Å². The van der Waals surface area contributed by atoms with Gasteiger partial charge in [0.15, 0.2) is 0 Å². The molecule has 0 atom stereocenters. The van der Waals surface area contributed by atoms with Gasteiger partial charge in [-0.2, -0.15) is 0 Å². The van der Waals surface area contributed by atoms with E-state index in [0.717, 1.165) is 37.5 Å². The standard InChI is InChI=1S/C19H20ClFN2O/c20-16-5-3-4-14(12-16)13-23-10-8-15(9-11-23)19(24)22-18-7-2-1-6-17(18)21/h1-7,12,15H,8-11,13H2,(H,22,24). The van der Waals surface area contributed by atoms with E-state index in [1.165, 1.54) is 11.6 Å². The maximum Gasteiger partial charge on any atom is 0.227 e. The highest BCUT2D eigenvalue weighted by Gasteiger charge is 2.25. The molecule has 3 rings (SSSR count). The van der Waals surface area contributed by atoms with Crippen LogP contribution in [0.1, 0.15) is 18.4 Å². The lowest BCUT2D eigenvalue weighted by molar-refractivity contribution is -0.121. The Morgan fingerprint density at radius 3 is 2.62 bits per heavy atom. The molecule has 126 valence electrons. The van der Waals surface area contributed by atoms with Crippen LogP contribution in [0.15, 0.2) is 48.5 Å². The molecule has 1 amide bonds. The molecular formula is C19H20ClFN2O. The van der Waals surface area contributed by atoms with Gasteiger partial charge in [0, 0.05) is 17.5 Å². The molecule has 0 aliphatic carbocycles. The summed E-state index contributed by atoms with van der Waals surface area (Å²) in [4.78, 5) is 14.6. The number of nitrogens with zero attached hydrogens (tertiary/aromatic N) is 1. The van der Waals surface area contributed by atoms with E-state index in [0.29, 0.717) is 0 Å². The van der Waals surface area contributed by atoms with Crippen LogP contribution in [0.4, 0.5) is 10.1 Å². The number of hydrogen-bond donors (Lipinski definition) is 1. The van der Waals surface area contributed by atoms with E-state index < -0.39 is 5.82 Å². The highest BCUT2D eigenvalue weighted by molar-refractivity contribution is 6.30. The summed E-state index contributed by atoms with van der Waals surface area (Å²) in [5.41, 5.74) is 1.43. The van der Waals surface area contributed by atoms with Gasteiger partial charge in [-0.3, -0.25) is 9.69 Å². The van der Waals surface area contributed by atoms with Gasteiger partial charge in [-0.05, 0) is 55.8 Å². The molecule has 1 N–H and O–H groups in total. The van der Waals surface area contributed by atoms with E-state index in [1.54, 1.807) is 18.2 Å². The fourth-order valence-electron chi connectivity index (χ4n) is 3.04. The highest BCUT2D eigenvalue weighted by Crippen LogP contribution is 2.22. The maximum atomic E-state index is 13.6. The van der Waals surface area contributed by atoms with Crippen molar-refractivity contribution in [2.24, 2.45) is 5.92 Å². The van der Waals surface area contributed by atoms with Gasteiger partial charge in [0.1, 0.15) is 5.82 Å². The smallest absolute Gasteiger partial charge is 0.227 e. The molecular weight excluding hydrogens is 327 g/mol. The third-order valence-corrected chi connectivity index (χ3v) is 4.62. The first-order chi connectivity index (χ1) is 11.6. The number of amides is 1. The molecule has 0 bridgehead atoms. The molecule has 1 fully saturated rings. The molecule has 2 aromatic carbocycles. The van der Waals surface area contributed by atoms with Gasteiger partial charge < -0.3 is 5.32 Å². The van der Waals surface area contributed by atoms with Crippen LogP contribution in [0.5, 0.6) is 0 Å². The van der Waals surface area contributed by atoms with Crippen LogP contribution in [-0.2, 0) is 11.3 Å². The van der Waals surface area contributed by atoms with Gasteiger partial charge in [-0.25, -0.2) is 4.39 Å². The van der Waals surface area contributed by atoms with Crippen LogP contribution in [0, 0.1) is 11.7 Å². The second kappa shape index (κ2) is 7.77. The fraction of sp³-hybridized carbons (Fsp3) is 0.316. The van der Waals surface area contributed by atoms with E-state index in [-0.39, 0.29) is 17.5 Å². The molecule has 24 heavy (non-hydrogen) atoms. The molecule has 0 unspecified atom stereocenters. The predicted octanol–water partition coefficient (Wildman–Crippen LogP) is 4.33. The van der Waals surface area contributed by atoms with Crippen LogP contribution in [0.25, 0.3) is 0 Å². The summed E-state index contributed by atoms with van der Waals surface area (Å²) in [6.45, 7) is 2.53. The van der Waals surface area contributed by atoms with Gasteiger partial charge >= 0.3 is 0 Å². The van der Waals surface area contributed by atoms with Crippen molar-refractivity contribution < 1.29 is 9.18 Å². The lowest BCUT2D eigenvalue weighted by Gasteiger charge is -2.31. The Kier molecular flexibility index (Phi) is 5.48. The second-order valence-corrected chi connectivity index (χ2v) is 6.59. The Morgan fingerprint density at radius 2 is 1.92 bits per heavy atom. The Hall–Kier alpha value is -1.91. The minimum atomic E-state index is -0.399. The first-order valence-electron chi connectivity index (χ1n) is 8.14. The summed E-state index contributed by atoms with van der Waals surface area (Å²) in [6.07, 6.45) is 1.56. The largest absolute Gasteiger partial charge is 0.323 e. The van der Waals surface area contributed by atoms with Crippen molar-refractivity contribution in [3.63, 3.8) is 0 Å². The normalized spacial score (nSPS) is 16.1. The Bertz CT molecular complexity index is 714. The number of likely N-dealkylation sites (tertiary alicyclic amines) is 1. The molecule has 1 saturated heterocycles. The number of piperidine rings is 1. The van der Waals surface area contributed by atoms with Crippen LogP contribution >= 0.6 is 11.6 Å². The van der Waals surface area contributed by atoms with Crippen LogP contribution in [0.3, 0.4) is 0 Å². The average molecular weight is 347 g/mol. The SMILES string of the molecule is O=C(Nc1ccccc1F)C1CCN(Cc2cccc(Cl)c2)CC1. The summed E-state index contributed by atoms with van der Waals surface area (Å²) in [5, 5.41) is 3.44. The van der Waals surface area contributed by atoms with Crippen molar-refractivity contribution >= 4 is 23.2 Å². The van der Waals surface area contributed by atoms with Crippen LogP contribution in [0.2, 0.25) is 5.02 Å². The van der Waals surface area contributed by atoms with Crippen molar-refractivity contribution in [1.29, 1.82) is 0 Å². The molecule has 1 heterocycles. The number of para-hydroxylation sites is 1. The van der Waals surface area contributed by atoms with E-state index >= 15 is 0 Å². The zero-order valence-corrected chi connectivity index (χ0v) is 14.1. The van der Waals surface area contributed by atoms with Gasteiger partial charge in [0.05, 0.1) is 5.69 Å². The van der Waals surface area contributed by atoms with Gasteiger partial charge in [0.2, 0.25) is 5.91 Å². The van der Waals surface area contributed by atoms with Crippen molar-refractivity contribution in [2.45, 2.75) is 19.4 Å². The van der Waals surface area contributed by atoms with E-state index in [4.69, 9.17) is 11.6 Å². The number of halogens is 2. The lowest BCUT2D eigenvalue weighted by atomic mass is 9.95. The minimum Gasteiger partial charge on any atom is -0.323 e. The zero-order chi connectivity index (χ0) is 16.9.